The third-order valence-corrected chi connectivity index (χ3v) is 7.38. The standard InChI is InChI=1S/C24H31BrClN3O4S/c1-6-17(3)27-24(31)18(4)28(14-19-8-7-9-20(25)12-19)23(30)15-29(34(5,32)33)22-13-21(26)11-10-16(22)2/h7-13,17-18H,6,14-15H2,1-5H3,(H,27,31)/t17-,18+/m0/s1. The van der Waals surface area contributed by atoms with Gasteiger partial charge in [0.05, 0.1) is 11.9 Å². The Bertz CT molecular complexity index is 1140. The van der Waals surface area contributed by atoms with Crippen LogP contribution in [0.15, 0.2) is 46.9 Å². The zero-order valence-corrected chi connectivity index (χ0v) is 23.2. The third kappa shape index (κ3) is 7.71. The number of hydrogen-bond acceptors (Lipinski definition) is 4. The van der Waals surface area contributed by atoms with E-state index in [9.17, 15) is 18.0 Å². The fourth-order valence-corrected chi connectivity index (χ4v) is 4.84. The molecule has 0 aliphatic rings. The summed E-state index contributed by atoms with van der Waals surface area (Å²) in [6.07, 6.45) is 1.78. The molecular weight excluding hydrogens is 542 g/mol. The molecule has 2 amide bonds. The number of carbonyl (C=O) groups is 2. The van der Waals surface area contributed by atoms with Crippen molar-refractivity contribution in [1.82, 2.24) is 10.2 Å². The number of hydrogen-bond donors (Lipinski definition) is 1. The summed E-state index contributed by atoms with van der Waals surface area (Å²) in [6.45, 7) is 6.91. The Morgan fingerprint density at radius 2 is 1.82 bits per heavy atom. The summed E-state index contributed by atoms with van der Waals surface area (Å²) in [5.41, 5.74) is 1.78. The minimum absolute atomic E-state index is 0.0561. The van der Waals surface area contributed by atoms with Crippen molar-refractivity contribution in [3.63, 3.8) is 0 Å². The Hall–Kier alpha value is -2.10. The van der Waals surface area contributed by atoms with Crippen molar-refractivity contribution in [1.29, 1.82) is 0 Å². The molecule has 0 aliphatic heterocycles. The summed E-state index contributed by atoms with van der Waals surface area (Å²) in [5, 5.41) is 3.26. The molecule has 1 N–H and O–H groups in total. The second kappa shape index (κ2) is 12.0. The molecule has 0 heterocycles. The van der Waals surface area contributed by atoms with Crippen molar-refractivity contribution in [2.75, 3.05) is 17.1 Å². The zero-order chi connectivity index (χ0) is 25.6. The van der Waals surface area contributed by atoms with Gasteiger partial charge >= 0.3 is 0 Å². The van der Waals surface area contributed by atoms with E-state index in [-0.39, 0.29) is 18.5 Å². The van der Waals surface area contributed by atoms with Crippen molar-refractivity contribution < 1.29 is 18.0 Å². The molecule has 0 spiro atoms. The molecule has 0 unspecified atom stereocenters. The van der Waals surface area contributed by atoms with Crippen LogP contribution >= 0.6 is 27.5 Å². The number of aryl methyl sites for hydroxylation is 1. The fourth-order valence-electron chi connectivity index (χ4n) is 3.33. The van der Waals surface area contributed by atoms with E-state index >= 15 is 0 Å². The normalized spacial score (nSPS) is 13.1. The number of anilines is 1. The summed E-state index contributed by atoms with van der Waals surface area (Å²) in [6, 6.07) is 11.4. The van der Waals surface area contributed by atoms with Gasteiger partial charge in [-0.1, -0.05) is 52.7 Å². The number of nitrogens with zero attached hydrogens (tertiary/aromatic N) is 2. The lowest BCUT2D eigenvalue weighted by atomic mass is 10.1. The first-order valence-electron chi connectivity index (χ1n) is 10.9. The molecular formula is C24H31BrClN3O4S. The maximum atomic E-state index is 13.6. The Balaban J connectivity index is 2.43. The Kier molecular flexibility index (Phi) is 9.96. The molecule has 2 rings (SSSR count). The van der Waals surface area contributed by atoms with Crippen LogP contribution in [0.1, 0.15) is 38.3 Å². The van der Waals surface area contributed by atoms with Crippen LogP contribution in [0, 0.1) is 6.92 Å². The number of amides is 2. The van der Waals surface area contributed by atoms with Gasteiger partial charge in [0.25, 0.3) is 0 Å². The molecule has 0 saturated heterocycles. The molecule has 2 aromatic carbocycles. The monoisotopic (exact) mass is 571 g/mol. The average Bonchev–Trinajstić information content (AvgIpc) is 2.76. The highest BCUT2D eigenvalue weighted by atomic mass is 79.9. The number of sulfonamides is 1. The largest absolute Gasteiger partial charge is 0.352 e. The summed E-state index contributed by atoms with van der Waals surface area (Å²) < 4.78 is 27.2. The first-order valence-corrected chi connectivity index (χ1v) is 13.9. The molecule has 0 bridgehead atoms. The number of carbonyl (C=O) groups excluding carboxylic acids is 2. The van der Waals surface area contributed by atoms with Crippen LogP contribution < -0.4 is 9.62 Å². The van der Waals surface area contributed by atoms with Crippen LogP contribution in [-0.2, 0) is 26.2 Å². The van der Waals surface area contributed by atoms with E-state index in [1.54, 1.807) is 26.0 Å². The van der Waals surface area contributed by atoms with Gasteiger partial charge in [0.15, 0.2) is 0 Å². The second-order valence-electron chi connectivity index (χ2n) is 8.35. The van der Waals surface area contributed by atoms with Crippen LogP contribution in [0.25, 0.3) is 0 Å². The van der Waals surface area contributed by atoms with Gasteiger partial charge in [0.1, 0.15) is 12.6 Å². The lowest BCUT2D eigenvalue weighted by molar-refractivity contribution is -0.139. The van der Waals surface area contributed by atoms with Gasteiger partial charge in [-0.15, -0.1) is 0 Å². The minimum Gasteiger partial charge on any atom is -0.352 e. The fraction of sp³-hybridized carbons (Fsp3) is 0.417. The molecule has 0 radical (unpaired) electrons. The average molecular weight is 573 g/mol. The highest BCUT2D eigenvalue weighted by Crippen LogP contribution is 2.27. The van der Waals surface area contributed by atoms with E-state index in [4.69, 9.17) is 11.6 Å². The van der Waals surface area contributed by atoms with Gasteiger partial charge in [0, 0.05) is 22.1 Å². The molecule has 0 saturated carbocycles. The maximum absolute atomic E-state index is 13.6. The molecule has 0 fully saturated rings. The van der Waals surface area contributed by atoms with Crippen molar-refractivity contribution in [2.45, 2.75) is 52.7 Å². The first kappa shape index (κ1) is 28.1. The van der Waals surface area contributed by atoms with Gasteiger partial charge in [-0.25, -0.2) is 8.42 Å². The molecule has 2 atom stereocenters. The third-order valence-electron chi connectivity index (χ3n) is 5.53. The van der Waals surface area contributed by atoms with Crippen molar-refractivity contribution in [3.05, 3.63) is 63.1 Å². The van der Waals surface area contributed by atoms with Crippen molar-refractivity contribution in [3.8, 4) is 0 Å². The number of nitrogens with one attached hydrogen (secondary N) is 1. The van der Waals surface area contributed by atoms with E-state index in [1.165, 1.54) is 11.0 Å². The predicted molar refractivity (Wildman–Crippen MR) is 140 cm³/mol. The van der Waals surface area contributed by atoms with E-state index < -0.39 is 28.5 Å². The van der Waals surface area contributed by atoms with E-state index in [0.717, 1.165) is 27.0 Å². The Morgan fingerprint density at radius 1 is 1.15 bits per heavy atom. The number of rotatable bonds is 10. The van der Waals surface area contributed by atoms with Gasteiger partial charge in [-0.2, -0.15) is 0 Å². The predicted octanol–water partition coefficient (Wildman–Crippen LogP) is 4.51. The van der Waals surface area contributed by atoms with Crippen LogP contribution in [0.3, 0.4) is 0 Å². The molecule has 34 heavy (non-hydrogen) atoms. The Labute approximate surface area is 215 Å². The van der Waals surface area contributed by atoms with E-state index in [2.05, 4.69) is 21.2 Å². The smallest absolute Gasteiger partial charge is 0.244 e. The SMILES string of the molecule is CC[C@H](C)NC(=O)[C@@H](C)N(Cc1cccc(Br)c1)C(=O)CN(c1cc(Cl)ccc1C)S(C)(=O)=O. The van der Waals surface area contributed by atoms with Crippen LogP contribution in [0.4, 0.5) is 5.69 Å². The van der Waals surface area contributed by atoms with E-state index in [1.807, 2.05) is 38.1 Å². The summed E-state index contributed by atoms with van der Waals surface area (Å²) in [7, 11) is -3.82. The second-order valence-corrected chi connectivity index (χ2v) is 11.6. The van der Waals surface area contributed by atoms with Crippen LogP contribution in [-0.4, -0.2) is 50.0 Å². The first-order chi connectivity index (χ1) is 15.8. The Morgan fingerprint density at radius 3 is 2.41 bits per heavy atom. The lowest BCUT2D eigenvalue weighted by Crippen LogP contribution is -2.52. The van der Waals surface area contributed by atoms with Crippen molar-refractivity contribution >= 4 is 55.1 Å². The molecule has 10 heteroatoms. The highest BCUT2D eigenvalue weighted by molar-refractivity contribution is 9.10. The van der Waals surface area contributed by atoms with E-state index in [0.29, 0.717) is 16.3 Å². The molecule has 186 valence electrons. The van der Waals surface area contributed by atoms with Crippen LogP contribution in [0.2, 0.25) is 5.02 Å². The van der Waals surface area contributed by atoms with Gasteiger partial charge in [-0.3, -0.25) is 13.9 Å². The molecule has 7 nitrogen and oxygen atoms in total. The summed E-state index contributed by atoms with van der Waals surface area (Å²) in [4.78, 5) is 27.9. The lowest BCUT2D eigenvalue weighted by Gasteiger charge is -2.32. The van der Waals surface area contributed by atoms with Gasteiger partial charge in [0.2, 0.25) is 21.8 Å². The maximum Gasteiger partial charge on any atom is 0.244 e. The van der Waals surface area contributed by atoms with Crippen LogP contribution in [0.5, 0.6) is 0 Å². The zero-order valence-electron chi connectivity index (χ0n) is 20.0. The molecule has 2 aromatic rings. The van der Waals surface area contributed by atoms with Gasteiger partial charge < -0.3 is 10.2 Å². The van der Waals surface area contributed by atoms with Gasteiger partial charge in [-0.05, 0) is 62.6 Å². The molecule has 0 aromatic heterocycles. The number of benzene rings is 2. The number of halogens is 2. The van der Waals surface area contributed by atoms with Crippen molar-refractivity contribution in [2.24, 2.45) is 0 Å². The quantitative estimate of drug-likeness (QED) is 0.454. The molecule has 0 aliphatic carbocycles. The highest BCUT2D eigenvalue weighted by Gasteiger charge is 2.31. The topological polar surface area (TPSA) is 86.8 Å². The summed E-state index contributed by atoms with van der Waals surface area (Å²) in [5.74, 6) is -0.806. The summed E-state index contributed by atoms with van der Waals surface area (Å²) >= 11 is 9.54. The minimum atomic E-state index is -3.82.